The fraction of sp³-hybridized carbons (Fsp3) is 0.182. The van der Waals surface area contributed by atoms with Crippen LogP contribution in [0.15, 0.2) is 59.7 Å². The highest BCUT2D eigenvalue weighted by atomic mass is 35.5. The zero-order valence-corrected chi connectivity index (χ0v) is 18.0. The lowest BCUT2D eigenvalue weighted by atomic mass is 10.2. The van der Waals surface area contributed by atoms with Crippen LogP contribution >= 0.6 is 11.6 Å². The van der Waals surface area contributed by atoms with Crippen LogP contribution in [0.1, 0.15) is 35.9 Å². The van der Waals surface area contributed by atoms with Gasteiger partial charge in [0.15, 0.2) is 0 Å². The Morgan fingerprint density at radius 1 is 1.22 bits per heavy atom. The molecule has 0 unspecified atom stereocenters. The summed E-state index contributed by atoms with van der Waals surface area (Å²) in [7, 11) is 0. The van der Waals surface area contributed by atoms with Crippen LogP contribution in [0.5, 0.6) is 5.75 Å². The van der Waals surface area contributed by atoms with E-state index in [0.717, 1.165) is 0 Å². The number of nitrogens with one attached hydrogen (secondary N) is 1. The lowest BCUT2D eigenvalue weighted by Gasteiger charge is -2.13. The van der Waals surface area contributed by atoms with Crippen molar-refractivity contribution >= 4 is 29.0 Å². The van der Waals surface area contributed by atoms with E-state index in [4.69, 9.17) is 16.3 Å². The number of nitrogens with zero attached hydrogens (tertiary/aromatic N) is 4. The van der Waals surface area contributed by atoms with E-state index in [1.807, 2.05) is 13.8 Å². The molecule has 8 nitrogen and oxygen atoms in total. The van der Waals surface area contributed by atoms with Gasteiger partial charge in [0, 0.05) is 17.1 Å². The normalized spacial score (nSPS) is 11.2. The molecule has 4 aromatic rings. The van der Waals surface area contributed by atoms with Crippen LogP contribution in [-0.4, -0.2) is 25.1 Å². The van der Waals surface area contributed by atoms with Crippen LogP contribution in [0.4, 0.5) is 10.1 Å². The molecule has 10 heteroatoms. The molecule has 0 radical (unpaired) electrons. The van der Waals surface area contributed by atoms with Crippen LogP contribution in [0.25, 0.3) is 5.78 Å². The van der Waals surface area contributed by atoms with Crippen molar-refractivity contribution in [2.45, 2.75) is 26.5 Å². The highest BCUT2D eigenvalue weighted by Gasteiger charge is 2.15. The number of anilines is 1. The second-order valence-corrected chi connectivity index (χ2v) is 7.72. The molecule has 1 amide bonds. The van der Waals surface area contributed by atoms with E-state index in [1.54, 1.807) is 29.2 Å². The van der Waals surface area contributed by atoms with Crippen LogP contribution in [0, 0.1) is 5.82 Å². The maximum Gasteiger partial charge on any atom is 0.274 e. The third kappa shape index (κ3) is 4.33. The topological polar surface area (TPSA) is 90.5 Å². The summed E-state index contributed by atoms with van der Waals surface area (Å²) in [5, 5.41) is 2.97. The fourth-order valence-corrected chi connectivity index (χ4v) is 3.30. The molecule has 0 aliphatic rings. The van der Waals surface area contributed by atoms with E-state index >= 15 is 0 Å². The molecule has 0 spiro atoms. The summed E-state index contributed by atoms with van der Waals surface area (Å²) in [6, 6.07) is 11.7. The SMILES string of the molecule is CC(C)n1cnc2nc(COc3ccc(Cl)cc3NC(=O)c3ccccc3F)cc(=O)n21. The Balaban J connectivity index is 1.57. The number of benzene rings is 2. The molecular weight excluding hydrogens is 437 g/mol. The third-order valence-electron chi connectivity index (χ3n) is 4.67. The van der Waals surface area contributed by atoms with Crippen LogP contribution < -0.4 is 15.6 Å². The number of hydrogen-bond acceptors (Lipinski definition) is 5. The second-order valence-electron chi connectivity index (χ2n) is 7.28. The molecule has 0 saturated heterocycles. The van der Waals surface area contributed by atoms with Gasteiger partial charge in [0.05, 0.1) is 16.9 Å². The van der Waals surface area contributed by atoms with Gasteiger partial charge in [-0.3, -0.25) is 14.3 Å². The van der Waals surface area contributed by atoms with Crippen LogP contribution in [-0.2, 0) is 6.61 Å². The van der Waals surface area contributed by atoms with Gasteiger partial charge in [-0.2, -0.15) is 9.50 Å². The summed E-state index contributed by atoms with van der Waals surface area (Å²) in [6.45, 7) is 3.81. The number of fused-ring (bicyclic) bond motifs is 1. The van der Waals surface area contributed by atoms with E-state index in [9.17, 15) is 14.0 Å². The summed E-state index contributed by atoms with van der Waals surface area (Å²) in [5.74, 6) is -0.747. The molecule has 2 heterocycles. The maximum atomic E-state index is 13.9. The number of carbonyl (C=O) groups excluding carboxylic acids is 1. The van der Waals surface area contributed by atoms with Gasteiger partial charge >= 0.3 is 0 Å². The smallest absolute Gasteiger partial charge is 0.274 e. The van der Waals surface area contributed by atoms with Crippen molar-refractivity contribution < 1.29 is 13.9 Å². The largest absolute Gasteiger partial charge is 0.485 e. The Labute approximate surface area is 187 Å². The molecule has 1 N–H and O–H groups in total. The van der Waals surface area contributed by atoms with Crippen molar-refractivity contribution in [1.29, 1.82) is 0 Å². The molecule has 0 atom stereocenters. The standard InChI is InChI=1S/C22H19ClFN5O3/c1-13(2)28-12-25-22-26-15(10-20(30)29(22)28)11-32-19-8-7-14(23)9-18(19)27-21(31)16-5-3-4-6-17(16)24/h3-10,12-13H,11H2,1-2H3,(H,27,31). The molecule has 2 aromatic carbocycles. The third-order valence-corrected chi connectivity index (χ3v) is 4.90. The summed E-state index contributed by atoms with van der Waals surface area (Å²) >= 11 is 6.06. The summed E-state index contributed by atoms with van der Waals surface area (Å²) in [5.41, 5.74) is 0.223. The second kappa shape index (κ2) is 8.80. The Kier molecular flexibility index (Phi) is 5.91. The van der Waals surface area contributed by atoms with Gasteiger partial charge in [0.2, 0.25) is 0 Å². The molecule has 164 valence electrons. The quantitative estimate of drug-likeness (QED) is 0.472. The van der Waals surface area contributed by atoms with E-state index in [0.29, 0.717) is 10.7 Å². The van der Waals surface area contributed by atoms with Crippen molar-refractivity contribution in [3.63, 3.8) is 0 Å². The molecule has 0 aliphatic carbocycles. The highest BCUT2D eigenvalue weighted by Crippen LogP contribution is 2.29. The van der Waals surface area contributed by atoms with E-state index in [2.05, 4.69) is 15.3 Å². The number of halogens is 2. The number of carbonyl (C=O) groups is 1. The van der Waals surface area contributed by atoms with Crippen LogP contribution in [0.3, 0.4) is 0 Å². The number of aromatic nitrogens is 4. The van der Waals surface area contributed by atoms with E-state index in [1.165, 1.54) is 34.8 Å². The summed E-state index contributed by atoms with van der Waals surface area (Å²) < 4.78 is 22.8. The lowest BCUT2D eigenvalue weighted by Crippen LogP contribution is -2.23. The average Bonchev–Trinajstić information content (AvgIpc) is 3.18. The van der Waals surface area contributed by atoms with Crippen molar-refractivity contribution in [2.24, 2.45) is 0 Å². The monoisotopic (exact) mass is 455 g/mol. The zero-order chi connectivity index (χ0) is 22.8. The average molecular weight is 456 g/mol. The predicted octanol–water partition coefficient (Wildman–Crippen LogP) is 4.10. The minimum atomic E-state index is -0.646. The Morgan fingerprint density at radius 2 is 2.00 bits per heavy atom. The van der Waals surface area contributed by atoms with Gasteiger partial charge in [0.25, 0.3) is 17.2 Å². The van der Waals surface area contributed by atoms with Gasteiger partial charge in [-0.15, -0.1) is 0 Å². The van der Waals surface area contributed by atoms with Gasteiger partial charge in [-0.25, -0.2) is 9.37 Å². The Hall–Kier alpha value is -3.72. The first-order valence-electron chi connectivity index (χ1n) is 9.77. The molecule has 0 bridgehead atoms. The maximum absolute atomic E-state index is 13.9. The van der Waals surface area contributed by atoms with Crippen molar-refractivity contribution in [1.82, 2.24) is 19.2 Å². The lowest BCUT2D eigenvalue weighted by molar-refractivity contribution is 0.102. The first kappa shape index (κ1) is 21.5. The minimum absolute atomic E-state index is 0.0382. The van der Waals surface area contributed by atoms with Gasteiger partial charge < -0.3 is 10.1 Å². The van der Waals surface area contributed by atoms with Gasteiger partial charge in [-0.1, -0.05) is 23.7 Å². The van der Waals surface area contributed by atoms with Crippen molar-refractivity contribution in [2.75, 3.05) is 5.32 Å². The zero-order valence-electron chi connectivity index (χ0n) is 17.3. The highest BCUT2D eigenvalue weighted by molar-refractivity contribution is 6.31. The molecule has 0 saturated carbocycles. The van der Waals surface area contributed by atoms with Crippen molar-refractivity contribution in [3.05, 3.63) is 87.3 Å². The van der Waals surface area contributed by atoms with Crippen LogP contribution in [0.2, 0.25) is 5.02 Å². The summed E-state index contributed by atoms with van der Waals surface area (Å²) in [6.07, 6.45) is 1.55. The first-order chi connectivity index (χ1) is 15.3. The van der Waals surface area contributed by atoms with Gasteiger partial charge in [-0.05, 0) is 44.2 Å². The van der Waals surface area contributed by atoms with Crippen molar-refractivity contribution in [3.8, 4) is 5.75 Å². The summed E-state index contributed by atoms with van der Waals surface area (Å²) in [4.78, 5) is 33.6. The number of ether oxygens (including phenoxy) is 1. The Bertz CT molecular complexity index is 1370. The fourth-order valence-electron chi connectivity index (χ4n) is 3.12. The minimum Gasteiger partial charge on any atom is -0.485 e. The molecule has 0 aliphatic heterocycles. The molecular formula is C22H19ClFN5O3. The van der Waals surface area contributed by atoms with Gasteiger partial charge in [0.1, 0.15) is 24.5 Å². The predicted molar refractivity (Wildman–Crippen MR) is 118 cm³/mol. The molecule has 32 heavy (non-hydrogen) atoms. The molecule has 2 aromatic heterocycles. The first-order valence-corrected chi connectivity index (χ1v) is 10.2. The number of hydrogen-bond donors (Lipinski definition) is 1. The molecule has 0 fully saturated rings. The number of amides is 1. The Morgan fingerprint density at radius 3 is 2.75 bits per heavy atom. The van der Waals surface area contributed by atoms with E-state index in [-0.39, 0.29) is 41.0 Å². The molecule has 4 rings (SSSR count). The van der Waals surface area contributed by atoms with E-state index < -0.39 is 11.7 Å². The number of rotatable bonds is 6.